The molecule has 2 aromatic carbocycles. The van der Waals surface area contributed by atoms with Gasteiger partial charge in [-0.3, -0.25) is 4.79 Å². The maximum Gasteiger partial charge on any atom is 0.323 e. The fourth-order valence-electron chi connectivity index (χ4n) is 4.13. The number of halogens is 1. The van der Waals surface area contributed by atoms with Gasteiger partial charge in [0.15, 0.2) is 5.78 Å². The Morgan fingerprint density at radius 2 is 1.89 bits per heavy atom. The number of fused-ring (bicyclic) bond motifs is 1. The van der Waals surface area contributed by atoms with E-state index < -0.39 is 11.5 Å². The number of rotatable bonds is 6. The molecule has 0 bridgehead atoms. The standard InChI is InChI=1S/C22H24FN3O2/c23-18-13-20-19(24-22(28)25-20)12-17(18)21(27)8-10-26-9-4-7-16(14-26)11-15-5-2-1-3-6-15/h1-3,5-6,12-13,16H,4,7-11,14H2,(H2,24,25,28)/t16-/m0/s1. The molecule has 28 heavy (non-hydrogen) atoms. The number of benzene rings is 2. The highest BCUT2D eigenvalue weighted by atomic mass is 19.1. The SMILES string of the molecule is O=C(CCN1CCC[C@@H](Cc2ccccc2)C1)c1cc2[nH]c(=O)[nH]c2cc1F. The summed E-state index contributed by atoms with van der Waals surface area (Å²) >= 11 is 0. The molecule has 0 amide bonds. The number of piperidine rings is 1. The van der Waals surface area contributed by atoms with E-state index in [2.05, 4.69) is 39.1 Å². The summed E-state index contributed by atoms with van der Waals surface area (Å²) < 4.78 is 14.3. The molecule has 5 nitrogen and oxygen atoms in total. The number of nitrogens with one attached hydrogen (secondary N) is 2. The van der Waals surface area contributed by atoms with Crippen molar-refractivity contribution in [3.8, 4) is 0 Å². The van der Waals surface area contributed by atoms with E-state index >= 15 is 0 Å². The highest BCUT2D eigenvalue weighted by Crippen LogP contribution is 2.22. The van der Waals surface area contributed by atoms with Gasteiger partial charge >= 0.3 is 5.69 Å². The number of imidazole rings is 1. The number of H-pyrrole nitrogens is 2. The van der Waals surface area contributed by atoms with Crippen molar-refractivity contribution in [3.05, 3.63) is 69.9 Å². The molecule has 2 N–H and O–H groups in total. The lowest BCUT2D eigenvalue weighted by Crippen LogP contribution is -2.37. The normalized spacial score (nSPS) is 17.8. The van der Waals surface area contributed by atoms with Crippen molar-refractivity contribution in [2.24, 2.45) is 5.92 Å². The van der Waals surface area contributed by atoms with Gasteiger partial charge in [-0.15, -0.1) is 0 Å². The average Bonchev–Trinajstić information content (AvgIpc) is 3.05. The summed E-state index contributed by atoms with van der Waals surface area (Å²) in [6.45, 7) is 2.57. The number of aromatic nitrogens is 2. The number of carbonyl (C=O) groups is 1. The predicted molar refractivity (Wildman–Crippen MR) is 107 cm³/mol. The second kappa shape index (κ2) is 8.10. The first kappa shape index (κ1) is 18.6. The Labute approximate surface area is 162 Å². The van der Waals surface area contributed by atoms with Crippen LogP contribution in [0.1, 0.15) is 35.2 Å². The summed E-state index contributed by atoms with van der Waals surface area (Å²) in [6.07, 6.45) is 3.65. The third kappa shape index (κ3) is 4.22. The second-order valence-corrected chi connectivity index (χ2v) is 7.63. The Morgan fingerprint density at radius 3 is 2.68 bits per heavy atom. The first-order valence-corrected chi connectivity index (χ1v) is 9.79. The number of aromatic amines is 2. The van der Waals surface area contributed by atoms with Gasteiger partial charge in [0, 0.05) is 25.6 Å². The molecule has 3 aromatic rings. The number of likely N-dealkylation sites (tertiary alicyclic amines) is 1. The molecule has 1 fully saturated rings. The van der Waals surface area contributed by atoms with E-state index in [4.69, 9.17) is 0 Å². The van der Waals surface area contributed by atoms with Crippen LogP contribution in [-0.2, 0) is 6.42 Å². The van der Waals surface area contributed by atoms with Crippen molar-refractivity contribution in [3.63, 3.8) is 0 Å². The van der Waals surface area contributed by atoms with Gasteiger partial charge in [0.05, 0.1) is 16.6 Å². The third-order valence-corrected chi connectivity index (χ3v) is 5.53. The molecule has 0 unspecified atom stereocenters. The molecule has 0 radical (unpaired) electrons. The fourth-order valence-corrected chi connectivity index (χ4v) is 4.13. The van der Waals surface area contributed by atoms with Crippen molar-refractivity contribution in [1.82, 2.24) is 14.9 Å². The van der Waals surface area contributed by atoms with E-state index in [1.165, 1.54) is 24.1 Å². The van der Waals surface area contributed by atoms with Crippen molar-refractivity contribution >= 4 is 16.8 Å². The van der Waals surface area contributed by atoms with Gasteiger partial charge in [0.25, 0.3) is 0 Å². The second-order valence-electron chi connectivity index (χ2n) is 7.63. The molecule has 4 rings (SSSR count). The quantitative estimate of drug-likeness (QED) is 0.642. The first-order chi connectivity index (χ1) is 13.6. The van der Waals surface area contributed by atoms with Crippen LogP contribution in [0.2, 0.25) is 0 Å². The highest BCUT2D eigenvalue weighted by molar-refractivity contribution is 5.99. The summed E-state index contributed by atoms with van der Waals surface area (Å²) in [5.41, 5.74) is 1.81. The molecule has 1 aliphatic rings. The number of ketones is 1. The molecular formula is C22H24FN3O2. The van der Waals surface area contributed by atoms with Crippen LogP contribution in [0.15, 0.2) is 47.3 Å². The van der Waals surface area contributed by atoms with Gasteiger partial charge in [-0.25, -0.2) is 9.18 Å². The Balaban J connectivity index is 1.36. The topological polar surface area (TPSA) is 69.0 Å². The van der Waals surface area contributed by atoms with Crippen LogP contribution < -0.4 is 5.69 Å². The van der Waals surface area contributed by atoms with Crippen molar-refractivity contribution in [1.29, 1.82) is 0 Å². The van der Waals surface area contributed by atoms with Crippen molar-refractivity contribution < 1.29 is 9.18 Å². The van der Waals surface area contributed by atoms with E-state index in [0.29, 0.717) is 23.5 Å². The Kier molecular flexibility index (Phi) is 5.39. The number of Topliss-reactive ketones (excluding diaryl/α,β-unsaturated/α-hetero) is 1. The van der Waals surface area contributed by atoms with E-state index in [9.17, 15) is 14.0 Å². The van der Waals surface area contributed by atoms with Crippen LogP contribution in [0.4, 0.5) is 4.39 Å². The van der Waals surface area contributed by atoms with Crippen LogP contribution in [0.3, 0.4) is 0 Å². The molecule has 1 aliphatic heterocycles. The largest absolute Gasteiger partial charge is 0.323 e. The average molecular weight is 381 g/mol. The molecule has 1 atom stereocenters. The maximum atomic E-state index is 14.3. The molecule has 6 heteroatoms. The number of hydrogen-bond donors (Lipinski definition) is 2. The molecule has 0 aliphatic carbocycles. The number of nitrogens with zero attached hydrogens (tertiary/aromatic N) is 1. The van der Waals surface area contributed by atoms with Crippen LogP contribution in [-0.4, -0.2) is 40.3 Å². The molecule has 2 heterocycles. The zero-order chi connectivity index (χ0) is 19.5. The first-order valence-electron chi connectivity index (χ1n) is 9.79. The summed E-state index contributed by atoms with van der Waals surface area (Å²) in [5.74, 6) is -0.232. The van der Waals surface area contributed by atoms with Crippen molar-refractivity contribution in [2.45, 2.75) is 25.7 Å². The lowest BCUT2D eigenvalue weighted by atomic mass is 9.91. The fraction of sp³-hybridized carbons (Fsp3) is 0.364. The lowest BCUT2D eigenvalue weighted by molar-refractivity contribution is 0.0942. The van der Waals surface area contributed by atoms with Gasteiger partial charge in [-0.05, 0) is 43.4 Å². The van der Waals surface area contributed by atoms with Gasteiger partial charge in [-0.2, -0.15) is 0 Å². The minimum atomic E-state index is -0.589. The molecular weight excluding hydrogens is 357 g/mol. The monoisotopic (exact) mass is 381 g/mol. The van der Waals surface area contributed by atoms with Crippen LogP contribution >= 0.6 is 0 Å². The molecule has 1 saturated heterocycles. The smallest absolute Gasteiger partial charge is 0.306 e. The number of hydrogen-bond acceptors (Lipinski definition) is 3. The molecule has 146 valence electrons. The Hall–Kier alpha value is -2.73. The number of carbonyl (C=O) groups excluding carboxylic acids is 1. The lowest BCUT2D eigenvalue weighted by Gasteiger charge is -2.32. The van der Waals surface area contributed by atoms with E-state index in [1.807, 2.05) is 6.07 Å². The summed E-state index contributed by atoms with van der Waals surface area (Å²) in [4.78, 5) is 31.3. The zero-order valence-electron chi connectivity index (χ0n) is 15.7. The zero-order valence-corrected chi connectivity index (χ0v) is 15.7. The van der Waals surface area contributed by atoms with Gasteiger partial charge in [0.2, 0.25) is 0 Å². The predicted octanol–water partition coefficient (Wildman–Crippen LogP) is 3.52. The van der Waals surface area contributed by atoms with E-state index in [0.717, 1.165) is 25.9 Å². The summed E-state index contributed by atoms with van der Waals surface area (Å²) in [5, 5.41) is 0. The molecule has 1 aromatic heterocycles. The van der Waals surface area contributed by atoms with Crippen LogP contribution in [0.5, 0.6) is 0 Å². The minimum Gasteiger partial charge on any atom is -0.306 e. The Morgan fingerprint density at radius 1 is 1.14 bits per heavy atom. The maximum absolute atomic E-state index is 14.3. The minimum absolute atomic E-state index is 0.0422. The van der Waals surface area contributed by atoms with Gasteiger partial charge in [-0.1, -0.05) is 30.3 Å². The van der Waals surface area contributed by atoms with Gasteiger partial charge in [0.1, 0.15) is 5.82 Å². The van der Waals surface area contributed by atoms with Crippen LogP contribution in [0.25, 0.3) is 11.0 Å². The summed E-state index contributed by atoms with van der Waals surface area (Å²) in [7, 11) is 0. The highest BCUT2D eigenvalue weighted by Gasteiger charge is 2.22. The molecule has 0 spiro atoms. The third-order valence-electron chi connectivity index (χ3n) is 5.53. The van der Waals surface area contributed by atoms with E-state index in [-0.39, 0.29) is 17.8 Å². The van der Waals surface area contributed by atoms with Gasteiger partial charge < -0.3 is 14.9 Å². The van der Waals surface area contributed by atoms with E-state index in [1.54, 1.807) is 0 Å². The van der Waals surface area contributed by atoms with Crippen LogP contribution in [0, 0.1) is 11.7 Å². The Bertz CT molecular complexity index is 1030. The molecule has 0 saturated carbocycles. The summed E-state index contributed by atoms with van der Waals surface area (Å²) in [6, 6.07) is 13.1. The van der Waals surface area contributed by atoms with Crippen molar-refractivity contribution in [2.75, 3.05) is 19.6 Å².